The largest absolute Gasteiger partial charge is 0.462 e. The van der Waals surface area contributed by atoms with Crippen molar-refractivity contribution in [2.75, 3.05) is 13.2 Å². The summed E-state index contributed by atoms with van der Waals surface area (Å²) in [4.78, 5) is 24.6. The van der Waals surface area contributed by atoms with Crippen molar-refractivity contribution in [2.45, 2.75) is 380 Å². The van der Waals surface area contributed by atoms with Gasteiger partial charge in [-0.3, -0.25) is 9.59 Å². The summed E-state index contributed by atoms with van der Waals surface area (Å²) in [7, 11) is 0. The van der Waals surface area contributed by atoms with Gasteiger partial charge >= 0.3 is 11.9 Å². The first-order chi connectivity index (χ1) is 37.6. The van der Waals surface area contributed by atoms with Gasteiger partial charge in [-0.25, -0.2) is 0 Å². The molecule has 0 saturated heterocycles. The Hall–Kier alpha value is -2.14. The highest BCUT2D eigenvalue weighted by Gasteiger charge is 2.16. The van der Waals surface area contributed by atoms with Crippen LogP contribution in [0.25, 0.3) is 0 Å². The number of ether oxygens (including phenoxy) is 2. The van der Waals surface area contributed by atoms with Gasteiger partial charge in [0.25, 0.3) is 0 Å². The highest BCUT2D eigenvalue weighted by molar-refractivity contribution is 5.70. The van der Waals surface area contributed by atoms with Crippen molar-refractivity contribution in [3.05, 3.63) is 48.6 Å². The Kier molecular flexibility index (Phi) is 65.2. The van der Waals surface area contributed by atoms with Crippen molar-refractivity contribution in [3.63, 3.8) is 0 Å². The molecule has 0 bridgehead atoms. The topological polar surface area (TPSA) is 72.8 Å². The Morgan fingerprint density at radius 1 is 0.316 bits per heavy atom. The Morgan fingerprint density at radius 2 is 0.566 bits per heavy atom. The van der Waals surface area contributed by atoms with Crippen molar-refractivity contribution in [1.29, 1.82) is 0 Å². The fourth-order valence-corrected chi connectivity index (χ4v) is 10.6. The first-order valence-corrected chi connectivity index (χ1v) is 34.2. The first-order valence-electron chi connectivity index (χ1n) is 34.2. The summed E-state index contributed by atoms with van der Waals surface area (Å²) >= 11 is 0. The number of carbonyl (C=O) groups excluding carboxylic acids is 2. The Morgan fingerprint density at radius 3 is 0.855 bits per heavy atom. The number of hydrogen-bond donors (Lipinski definition) is 1. The minimum Gasteiger partial charge on any atom is -0.462 e. The average molecular weight is 1070 g/mol. The average Bonchev–Trinajstić information content (AvgIpc) is 3.42. The van der Waals surface area contributed by atoms with E-state index in [-0.39, 0.29) is 25.2 Å². The second-order valence-electron chi connectivity index (χ2n) is 23.2. The smallest absolute Gasteiger partial charge is 0.306 e. The van der Waals surface area contributed by atoms with Gasteiger partial charge in [0.05, 0.1) is 6.61 Å². The third-order valence-electron chi connectivity index (χ3n) is 15.6. The number of esters is 2. The second kappa shape index (κ2) is 67.1. The van der Waals surface area contributed by atoms with Crippen LogP contribution in [0.5, 0.6) is 0 Å². The van der Waals surface area contributed by atoms with E-state index in [4.69, 9.17) is 9.47 Å². The van der Waals surface area contributed by atoms with Gasteiger partial charge in [0.15, 0.2) is 6.10 Å². The van der Waals surface area contributed by atoms with Crippen molar-refractivity contribution in [2.24, 2.45) is 0 Å². The van der Waals surface area contributed by atoms with Crippen LogP contribution in [0.15, 0.2) is 48.6 Å². The van der Waals surface area contributed by atoms with E-state index < -0.39 is 6.10 Å². The zero-order valence-corrected chi connectivity index (χ0v) is 51.3. The Bertz CT molecular complexity index is 1250. The SMILES string of the molecule is CC/C=C\C/C=C\C/C=C\C/C=C\CCCCCCCCCCCCCCCCCCCCCCC(=O)OC(CO)COC(=O)CCCCCCCCCCCCCCCCCCCCCCCCCCCCCCC. The van der Waals surface area contributed by atoms with Crippen molar-refractivity contribution >= 4 is 11.9 Å². The van der Waals surface area contributed by atoms with Crippen LogP contribution in [0.4, 0.5) is 0 Å². The van der Waals surface area contributed by atoms with Crippen LogP contribution in [0, 0.1) is 0 Å². The van der Waals surface area contributed by atoms with Crippen LogP contribution in [-0.2, 0) is 19.1 Å². The summed E-state index contributed by atoms with van der Waals surface area (Å²) < 4.78 is 10.8. The maximum absolute atomic E-state index is 12.4. The maximum Gasteiger partial charge on any atom is 0.306 e. The molecular formula is C71H132O5. The molecule has 76 heavy (non-hydrogen) atoms. The number of carbonyl (C=O) groups is 2. The molecule has 1 atom stereocenters. The highest BCUT2D eigenvalue weighted by atomic mass is 16.6. The van der Waals surface area contributed by atoms with Crippen molar-refractivity contribution < 1.29 is 24.2 Å². The zero-order chi connectivity index (χ0) is 54.8. The van der Waals surface area contributed by atoms with E-state index in [9.17, 15) is 14.7 Å². The van der Waals surface area contributed by atoms with Gasteiger partial charge < -0.3 is 14.6 Å². The first kappa shape index (κ1) is 73.9. The molecule has 1 N–H and O–H groups in total. The van der Waals surface area contributed by atoms with Gasteiger partial charge in [0, 0.05) is 12.8 Å². The number of allylic oxidation sites excluding steroid dienone is 8. The monoisotopic (exact) mass is 1070 g/mol. The molecule has 0 aliphatic carbocycles. The fourth-order valence-electron chi connectivity index (χ4n) is 10.6. The fraction of sp³-hybridized carbons (Fsp3) is 0.859. The molecule has 446 valence electrons. The number of aliphatic hydroxyl groups is 1. The summed E-state index contributed by atoms with van der Waals surface area (Å²) in [5, 5.41) is 9.70. The molecule has 5 nitrogen and oxygen atoms in total. The van der Waals surface area contributed by atoms with Gasteiger partial charge in [0.1, 0.15) is 6.61 Å². The molecule has 0 aromatic heterocycles. The normalized spacial score (nSPS) is 12.4. The van der Waals surface area contributed by atoms with E-state index in [1.807, 2.05) is 0 Å². The summed E-state index contributed by atoms with van der Waals surface area (Å²) in [5.41, 5.74) is 0. The third-order valence-corrected chi connectivity index (χ3v) is 15.6. The molecule has 0 heterocycles. The Balaban J connectivity index is 3.39. The van der Waals surface area contributed by atoms with Crippen LogP contribution in [-0.4, -0.2) is 36.4 Å². The number of aliphatic hydroxyl groups excluding tert-OH is 1. The van der Waals surface area contributed by atoms with Crippen molar-refractivity contribution in [3.8, 4) is 0 Å². The third kappa shape index (κ3) is 64.4. The number of hydrogen-bond acceptors (Lipinski definition) is 5. The molecular weight excluding hydrogens is 933 g/mol. The van der Waals surface area contributed by atoms with Gasteiger partial charge in [0.2, 0.25) is 0 Å². The predicted molar refractivity (Wildman–Crippen MR) is 334 cm³/mol. The van der Waals surface area contributed by atoms with E-state index in [0.29, 0.717) is 12.8 Å². The lowest BCUT2D eigenvalue weighted by Crippen LogP contribution is -2.28. The van der Waals surface area contributed by atoms with E-state index >= 15 is 0 Å². The minimum atomic E-state index is -0.770. The summed E-state index contributed by atoms with van der Waals surface area (Å²) in [6.07, 6.45) is 90.0. The predicted octanol–water partition coefficient (Wildman–Crippen LogP) is 23.5. The molecule has 0 amide bonds. The lowest BCUT2D eigenvalue weighted by atomic mass is 10.0. The number of rotatable bonds is 64. The minimum absolute atomic E-state index is 0.0593. The molecule has 0 saturated carbocycles. The molecule has 0 aromatic rings. The summed E-state index contributed by atoms with van der Waals surface area (Å²) in [6.45, 7) is 4.09. The van der Waals surface area contributed by atoms with Gasteiger partial charge in [-0.2, -0.15) is 0 Å². The van der Waals surface area contributed by atoms with Crippen LogP contribution < -0.4 is 0 Å². The van der Waals surface area contributed by atoms with Crippen LogP contribution in [0.2, 0.25) is 0 Å². The molecule has 0 radical (unpaired) electrons. The molecule has 0 fully saturated rings. The van der Waals surface area contributed by atoms with Crippen LogP contribution in [0.3, 0.4) is 0 Å². The van der Waals surface area contributed by atoms with E-state index in [1.165, 1.54) is 289 Å². The van der Waals surface area contributed by atoms with Gasteiger partial charge in [-0.1, -0.05) is 358 Å². The van der Waals surface area contributed by atoms with E-state index in [1.54, 1.807) is 0 Å². The molecule has 0 aliphatic rings. The lowest BCUT2D eigenvalue weighted by Gasteiger charge is -2.15. The maximum atomic E-state index is 12.4. The summed E-state index contributed by atoms with van der Waals surface area (Å²) in [5.74, 6) is -0.566. The van der Waals surface area contributed by atoms with E-state index in [2.05, 4.69) is 62.5 Å². The van der Waals surface area contributed by atoms with Crippen LogP contribution in [0.1, 0.15) is 373 Å². The molecule has 0 aromatic carbocycles. The molecule has 0 rings (SSSR count). The zero-order valence-electron chi connectivity index (χ0n) is 51.3. The van der Waals surface area contributed by atoms with Gasteiger partial charge in [-0.15, -0.1) is 0 Å². The molecule has 1 unspecified atom stereocenters. The Labute approximate surface area is 475 Å². The second-order valence-corrected chi connectivity index (χ2v) is 23.2. The van der Waals surface area contributed by atoms with E-state index in [0.717, 1.165) is 57.8 Å². The summed E-state index contributed by atoms with van der Waals surface area (Å²) in [6, 6.07) is 0. The molecule has 0 spiro atoms. The quantitative estimate of drug-likeness (QED) is 0.0373. The number of unbranched alkanes of at least 4 members (excludes halogenated alkanes) is 48. The molecule has 0 aliphatic heterocycles. The van der Waals surface area contributed by atoms with Gasteiger partial charge in [-0.05, 0) is 51.4 Å². The molecule has 5 heteroatoms. The lowest BCUT2D eigenvalue weighted by molar-refractivity contribution is -0.161. The highest BCUT2D eigenvalue weighted by Crippen LogP contribution is 2.19. The standard InChI is InChI=1S/C71H132O5/c1-3-5-7-9-11-13-15-17-19-21-23-25-27-29-31-33-34-35-36-38-40-42-44-46-48-50-52-54-56-58-60-62-64-66-71(74)76-69(67-72)68-75-70(73)65-63-61-59-57-55-53-51-49-47-45-43-41-39-37-32-30-28-26-24-22-20-18-16-14-12-10-8-6-4-2/h5,7,11,13,17,19,23,25,69,72H,3-4,6,8-10,12,14-16,18,20-22,24,26-68H2,1-2H3/b7-5-,13-11-,19-17-,25-23-. The van der Waals surface area contributed by atoms with Crippen molar-refractivity contribution in [1.82, 2.24) is 0 Å². The van der Waals surface area contributed by atoms with Crippen LogP contribution >= 0.6 is 0 Å².